The molecule has 2 heterocycles. The van der Waals surface area contributed by atoms with Gasteiger partial charge in [-0.05, 0) is 42.9 Å². The number of carboxylic acid groups (broad SMARTS) is 1. The second-order valence-electron chi connectivity index (χ2n) is 8.19. The predicted molar refractivity (Wildman–Crippen MR) is 119 cm³/mol. The van der Waals surface area contributed by atoms with Crippen molar-refractivity contribution in [2.24, 2.45) is 5.92 Å². The van der Waals surface area contributed by atoms with Gasteiger partial charge in [0.05, 0.1) is 12.1 Å². The molecule has 1 aliphatic rings. The van der Waals surface area contributed by atoms with Crippen LogP contribution in [-0.2, 0) is 17.6 Å². The van der Waals surface area contributed by atoms with Crippen LogP contribution in [-0.4, -0.2) is 51.6 Å². The summed E-state index contributed by atoms with van der Waals surface area (Å²) in [5, 5.41) is 19.5. The van der Waals surface area contributed by atoms with E-state index in [1.54, 1.807) is 6.07 Å². The van der Waals surface area contributed by atoms with Crippen molar-refractivity contribution in [2.45, 2.75) is 50.7 Å². The molecule has 0 bridgehead atoms. The molecule has 172 valence electrons. The molecule has 5 nitrogen and oxygen atoms in total. The number of thiophene rings is 1. The molecule has 3 atom stereocenters. The van der Waals surface area contributed by atoms with Crippen LogP contribution in [0.5, 0.6) is 0 Å². The number of aromatic carboxylic acids is 1. The summed E-state index contributed by atoms with van der Waals surface area (Å²) in [7, 11) is 0. The van der Waals surface area contributed by atoms with Gasteiger partial charge in [-0.15, -0.1) is 11.3 Å². The van der Waals surface area contributed by atoms with Gasteiger partial charge in [-0.1, -0.05) is 49.4 Å². The van der Waals surface area contributed by atoms with Gasteiger partial charge in [-0.25, -0.2) is 4.79 Å². The molecule has 1 saturated heterocycles. The average Bonchev–Trinajstić information content (AvgIpc) is 3.31. The molecule has 1 fully saturated rings. The summed E-state index contributed by atoms with van der Waals surface area (Å²) in [5.74, 6) is -5.73. The van der Waals surface area contributed by atoms with Gasteiger partial charge in [0.2, 0.25) is 0 Å². The Kier molecular flexibility index (Phi) is 7.79. The van der Waals surface area contributed by atoms with Gasteiger partial charge in [0.15, 0.2) is 0 Å². The number of nitrogens with zero attached hydrogens (tertiary/aromatic N) is 1. The molecule has 3 rings (SSSR count). The van der Waals surface area contributed by atoms with Crippen molar-refractivity contribution in [3.8, 4) is 0 Å². The summed E-state index contributed by atoms with van der Waals surface area (Å²) in [5.41, 5.74) is 1.08. The highest BCUT2D eigenvalue weighted by molar-refractivity contribution is 7.13. The van der Waals surface area contributed by atoms with Crippen LogP contribution in [0.15, 0.2) is 54.6 Å². The first-order valence-electron chi connectivity index (χ1n) is 10.6. The SMILES string of the molecule is C[C@@H](Cc1ccccc1)[C@H](O)C=C[C@H]1CC(F)(F)C(=O)N1CCCc1ccc(C(=O)O)s1. The van der Waals surface area contributed by atoms with Gasteiger partial charge in [-0.2, -0.15) is 8.78 Å². The van der Waals surface area contributed by atoms with E-state index in [0.29, 0.717) is 19.3 Å². The lowest BCUT2D eigenvalue weighted by atomic mass is 9.95. The van der Waals surface area contributed by atoms with Crippen LogP contribution in [0.4, 0.5) is 8.78 Å². The second kappa shape index (κ2) is 10.4. The fourth-order valence-electron chi connectivity index (χ4n) is 3.85. The molecule has 0 radical (unpaired) electrons. The molecule has 8 heteroatoms. The van der Waals surface area contributed by atoms with Crippen molar-refractivity contribution in [1.82, 2.24) is 4.90 Å². The molecule has 0 spiro atoms. The molecular weight excluding hydrogens is 436 g/mol. The number of carbonyl (C=O) groups excluding carboxylic acids is 1. The minimum atomic E-state index is -3.42. The van der Waals surface area contributed by atoms with Crippen LogP contribution >= 0.6 is 11.3 Å². The Morgan fingerprint density at radius 2 is 2.00 bits per heavy atom. The van der Waals surface area contributed by atoms with E-state index in [9.17, 15) is 23.5 Å². The molecule has 1 aliphatic heterocycles. The molecule has 0 aliphatic carbocycles. The Bertz CT molecular complexity index is 960. The number of hydrogen-bond acceptors (Lipinski definition) is 4. The van der Waals surface area contributed by atoms with E-state index in [1.807, 2.05) is 37.3 Å². The highest BCUT2D eigenvalue weighted by Gasteiger charge is 2.52. The van der Waals surface area contributed by atoms with Crippen molar-refractivity contribution in [3.63, 3.8) is 0 Å². The average molecular weight is 464 g/mol. The number of aliphatic hydroxyl groups is 1. The molecule has 0 saturated carbocycles. The van der Waals surface area contributed by atoms with Crippen molar-refractivity contribution < 1.29 is 28.6 Å². The van der Waals surface area contributed by atoms with E-state index in [-0.39, 0.29) is 17.3 Å². The zero-order chi connectivity index (χ0) is 23.3. The van der Waals surface area contributed by atoms with Crippen LogP contribution in [0.2, 0.25) is 0 Å². The molecule has 2 aromatic rings. The molecule has 32 heavy (non-hydrogen) atoms. The van der Waals surface area contributed by atoms with E-state index in [0.717, 1.165) is 26.7 Å². The number of alkyl halides is 2. The number of benzene rings is 1. The van der Waals surface area contributed by atoms with Gasteiger partial charge in [0, 0.05) is 17.8 Å². The second-order valence-corrected chi connectivity index (χ2v) is 9.36. The molecule has 1 amide bonds. The van der Waals surface area contributed by atoms with Gasteiger partial charge < -0.3 is 15.1 Å². The Balaban J connectivity index is 1.59. The smallest absolute Gasteiger partial charge is 0.345 e. The normalized spacial score (nSPS) is 20.1. The number of hydrogen-bond donors (Lipinski definition) is 2. The molecule has 0 unspecified atom stereocenters. The number of aryl methyl sites for hydroxylation is 1. The molecular formula is C24H27F2NO4S. The van der Waals surface area contributed by atoms with Crippen LogP contribution in [0.3, 0.4) is 0 Å². The monoisotopic (exact) mass is 463 g/mol. The highest BCUT2D eigenvalue weighted by atomic mass is 32.1. The summed E-state index contributed by atoms with van der Waals surface area (Å²) in [6.45, 7) is 2.03. The summed E-state index contributed by atoms with van der Waals surface area (Å²) in [4.78, 5) is 25.4. The standard InChI is InChI=1S/C24H27F2NO4S/c1-16(14-17-6-3-2-4-7-17)20(28)11-9-18-15-24(25,26)23(31)27(18)13-5-8-19-10-12-21(32-19)22(29)30/h2-4,6-7,9-12,16,18,20,28H,5,8,13-15H2,1H3,(H,29,30)/t16-,18-,20+/m0/s1. The summed E-state index contributed by atoms with van der Waals surface area (Å²) in [6.07, 6.45) is 3.19. The maximum atomic E-state index is 14.1. The van der Waals surface area contributed by atoms with E-state index in [4.69, 9.17) is 5.11 Å². The third-order valence-electron chi connectivity index (χ3n) is 5.65. The first kappa shape index (κ1) is 24.1. The summed E-state index contributed by atoms with van der Waals surface area (Å²) < 4.78 is 28.2. The zero-order valence-corrected chi connectivity index (χ0v) is 18.6. The van der Waals surface area contributed by atoms with E-state index < -0.39 is 36.4 Å². The van der Waals surface area contributed by atoms with Crippen LogP contribution < -0.4 is 0 Å². The fourth-order valence-corrected chi connectivity index (χ4v) is 4.74. The zero-order valence-electron chi connectivity index (χ0n) is 17.8. The molecule has 2 N–H and O–H groups in total. The number of carbonyl (C=O) groups is 2. The number of carboxylic acids is 1. The number of halogens is 2. The summed E-state index contributed by atoms with van der Waals surface area (Å²) in [6, 6.07) is 12.1. The minimum absolute atomic E-state index is 0.109. The Morgan fingerprint density at radius 1 is 1.28 bits per heavy atom. The van der Waals surface area contributed by atoms with Crippen LogP contribution in [0.1, 0.15) is 39.9 Å². The maximum absolute atomic E-state index is 14.1. The lowest BCUT2D eigenvalue weighted by Gasteiger charge is -2.22. The number of rotatable bonds is 10. The lowest BCUT2D eigenvalue weighted by molar-refractivity contribution is -0.148. The first-order chi connectivity index (χ1) is 15.2. The first-order valence-corrected chi connectivity index (χ1v) is 11.4. The third-order valence-corrected chi connectivity index (χ3v) is 6.78. The third kappa shape index (κ3) is 6.01. The maximum Gasteiger partial charge on any atom is 0.345 e. The van der Waals surface area contributed by atoms with Crippen molar-refractivity contribution in [1.29, 1.82) is 0 Å². The largest absolute Gasteiger partial charge is 0.477 e. The van der Waals surface area contributed by atoms with E-state index >= 15 is 0 Å². The van der Waals surface area contributed by atoms with Crippen molar-refractivity contribution in [3.05, 3.63) is 69.9 Å². The fraction of sp³-hybridized carbons (Fsp3) is 0.417. The Hall–Kier alpha value is -2.58. The van der Waals surface area contributed by atoms with Gasteiger partial charge >= 0.3 is 11.9 Å². The van der Waals surface area contributed by atoms with Crippen LogP contribution in [0.25, 0.3) is 0 Å². The molecule has 1 aromatic carbocycles. The lowest BCUT2D eigenvalue weighted by Crippen LogP contribution is -2.37. The van der Waals surface area contributed by atoms with Gasteiger partial charge in [0.1, 0.15) is 4.88 Å². The predicted octanol–water partition coefficient (Wildman–Crippen LogP) is 4.41. The van der Waals surface area contributed by atoms with Crippen LogP contribution in [0, 0.1) is 5.92 Å². The topological polar surface area (TPSA) is 77.8 Å². The number of amides is 1. The number of likely N-dealkylation sites (tertiary alicyclic amines) is 1. The minimum Gasteiger partial charge on any atom is -0.477 e. The summed E-state index contributed by atoms with van der Waals surface area (Å²) >= 11 is 1.14. The van der Waals surface area contributed by atoms with Crippen molar-refractivity contribution >= 4 is 23.2 Å². The van der Waals surface area contributed by atoms with E-state index in [2.05, 4.69) is 0 Å². The van der Waals surface area contributed by atoms with E-state index in [1.165, 1.54) is 18.2 Å². The van der Waals surface area contributed by atoms with Gasteiger partial charge in [-0.3, -0.25) is 4.79 Å². The number of aliphatic hydroxyl groups excluding tert-OH is 1. The van der Waals surface area contributed by atoms with Gasteiger partial charge in [0.25, 0.3) is 5.91 Å². The van der Waals surface area contributed by atoms with Crippen molar-refractivity contribution in [2.75, 3.05) is 6.54 Å². The highest BCUT2D eigenvalue weighted by Crippen LogP contribution is 2.34. The quantitative estimate of drug-likeness (QED) is 0.512. The Morgan fingerprint density at radius 3 is 2.66 bits per heavy atom. The molecule has 1 aromatic heterocycles. The Labute approximate surface area is 190 Å².